The summed E-state index contributed by atoms with van der Waals surface area (Å²) >= 11 is 0. The Kier molecular flexibility index (Phi) is 3.62. The van der Waals surface area contributed by atoms with Gasteiger partial charge in [-0.05, 0) is 24.0 Å². The Labute approximate surface area is 96.6 Å². The summed E-state index contributed by atoms with van der Waals surface area (Å²) in [5.74, 6) is 1.10. The van der Waals surface area contributed by atoms with E-state index < -0.39 is 6.10 Å². The van der Waals surface area contributed by atoms with Gasteiger partial charge in [-0.15, -0.1) is 0 Å². The van der Waals surface area contributed by atoms with Crippen LogP contribution in [0.25, 0.3) is 0 Å². The first kappa shape index (κ1) is 11.2. The van der Waals surface area contributed by atoms with Crippen molar-refractivity contribution in [3.63, 3.8) is 0 Å². The fourth-order valence-corrected chi connectivity index (χ4v) is 2.04. The summed E-state index contributed by atoms with van der Waals surface area (Å²) in [5, 5.41) is 9.99. The summed E-state index contributed by atoms with van der Waals surface area (Å²) in [6.45, 7) is 2.85. The number of hydrogen-bond acceptors (Lipinski definition) is 2. The molecule has 0 saturated heterocycles. The molecule has 0 saturated carbocycles. The molecular weight excluding hydrogens is 200 g/mol. The Morgan fingerprint density at radius 1 is 1.31 bits per heavy atom. The highest BCUT2D eigenvalue weighted by Gasteiger charge is 2.19. The third kappa shape index (κ3) is 2.64. The molecule has 0 aliphatic carbocycles. The van der Waals surface area contributed by atoms with Crippen molar-refractivity contribution in [3.05, 3.63) is 47.7 Å². The first-order chi connectivity index (χ1) is 7.77. The summed E-state index contributed by atoms with van der Waals surface area (Å²) in [6, 6.07) is 10.3. The third-order valence-corrected chi connectivity index (χ3v) is 3.01. The van der Waals surface area contributed by atoms with Crippen LogP contribution in [0.15, 0.2) is 42.2 Å². The molecule has 16 heavy (non-hydrogen) atoms. The lowest BCUT2D eigenvalue weighted by molar-refractivity contribution is 0.107. The normalized spacial score (nSPS) is 18.8. The number of ether oxygens (including phenoxy) is 1. The van der Waals surface area contributed by atoms with E-state index in [0.717, 1.165) is 18.6 Å². The standard InChI is InChI=1S/C14H18O2/c1-11(12-6-3-2-4-7-12)10-13(15)14-8-5-9-16-14/h2-4,6-8,11,13,15H,5,9-10H2,1H3. The van der Waals surface area contributed by atoms with Crippen LogP contribution < -0.4 is 0 Å². The molecule has 2 unspecified atom stereocenters. The third-order valence-electron chi connectivity index (χ3n) is 3.01. The van der Waals surface area contributed by atoms with Crippen LogP contribution in [0.1, 0.15) is 31.2 Å². The van der Waals surface area contributed by atoms with E-state index in [1.807, 2.05) is 24.3 Å². The first-order valence-corrected chi connectivity index (χ1v) is 5.83. The summed E-state index contributed by atoms with van der Waals surface area (Å²) in [4.78, 5) is 0. The Bertz CT molecular complexity index is 356. The van der Waals surface area contributed by atoms with E-state index >= 15 is 0 Å². The van der Waals surface area contributed by atoms with E-state index in [2.05, 4.69) is 19.1 Å². The van der Waals surface area contributed by atoms with Gasteiger partial charge in [0.25, 0.3) is 0 Å². The van der Waals surface area contributed by atoms with Gasteiger partial charge in [0, 0.05) is 6.42 Å². The highest BCUT2D eigenvalue weighted by molar-refractivity contribution is 5.19. The van der Waals surface area contributed by atoms with Crippen LogP contribution in [0.3, 0.4) is 0 Å². The van der Waals surface area contributed by atoms with Crippen LogP contribution in [0.2, 0.25) is 0 Å². The molecule has 2 rings (SSSR count). The molecule has 1 aromatic rings. The molecule has 0 radical (unpaired) electrons. The highest BCUT2D eigenvalue weighted by Crippen LogP contribution is 2.25. The van der Waals surface area contributed by atoms with Crippen LogP contribution in [-0.2, 0) is 4.74 Å². The molecule has 86 valence electrons. The van der Waals surface area contributed by atoms with Gasteiger partial charge in [-0.1, -0.05) is 37.3 Å². The average Bonchev–Trinajstić information content (AvgIpc) is 2.83. The molecule has 0 bridgehead atoms. The number of benzene rings is 1. The van der Waals surface area contributed by atoms with Crippen molar-refractivity contribution < 1.29 is 9.84 Å². The second kappa shape index (κ2) is 5.17. The van der Waals surface area contributed by atoms with Crippen molar-refractivity contribution >= 4 is 0 Å². The molecule has 1 aliphatic heterocycles. The van der Waals surface area contributed by atoms with E-state index in [1.54, 1.807) is 0 Å². The van der Waals surface area contributed by atoms with Crippen molar-refractivity contribution in [1.29, 1.82) is 0 Å². The Hall–Kier alpha value is -1.28. The van der Waals surface area contributed by atoms with Gasteiger partial charge in [0.15, 0.2) is 0 Å². The number of hydrogen-bond donors (Lipinski definition) is 1. The van der Waals surface area contributed by atoms with Crippen molar-refractivity contribution in [1.82, 2.24) is 0 Å². The molecule has 2 heteroatoms. The van der Waals surface area contributed by atoms with Gasteiger partial charge in [0.1, 0.15) is 11.9 Å². The maximum atomic E-state index is 9.99. The molecule has 1 N–H and O–H groups in total. The van der Waals surface area contributed by atoms with Gasteiger partial charge in [-0.3, -0.25) is 0 Å². The van der Waals surface area contributed by atoms with Crippen molar-refractivity contribution in [3.8, 4) is 0 Å². The van der Waals surface area contributed by atoms with Crippen molar-refractivity contribution in [2.45, 2.75) is 31.8 Å². The van der Waals surface area contributed by atoms with E-state index in [-0.39, 0.29) is 0 Å². The van der Waals surface area contributed by atoms with E-state index in [9.17, 15) is 5.11 Å². The van der Waals surface area contributed by atoms with Gasteiger partial charge in [-0.2, -0.15) is 0 Å². The predicted octanol–water partition coefficient (Wildman–Crippen LogP) is 2.85. The molecule has 1 aliphatic rings. The molecule has 1 aromatic carbocycles. The Balaban J connectivity index is 1.94. The Morgan fingerprint density at radius 3 is 2.69 bits per heavy atom. The molecule has 0 amide bonds. The van der Waals surface area contributed by atoms with E-state index in [1.165, 1.54) is 5.56 Å². The summed E-state index contributed by atoms with van der Waals surface area (Å²) < 4.78 is 5.36. The van der Waals surface area contributed by atoms with Gasteiger partial charge < -0.3 is 9.84 Å². The quantitative estimate of drug-likeness (QED) is 0.842. The average molecular weight is 218 g/mol. The minimum absolute atomic E-state index is 0.348. The fraction of sp³-hybridized carbons (Fsp3) is 0.429. The van der Waals surface area contributed by atoms with Gasteiger partial charge >= 0.3 is 0 Å². The summed E-state index contributed by atoms with van der Waals surface area (Å²) in [6.07, 6.45) is 3.17. The second-order valence-corrected chi connectivity index (χ2v) is 4.31. The molecule has 0 fully saturated rings. The summed E-state index contributed by atoms with van der Waals surface area (Å²) in [5.41, 5.74) is 1.26. The van der Waals surface area contributed by atoms with Crippen LogP contribution in [0.5, 0.6) is 0 Å². The molecular formula is C14H18O2. The zero-order chi connectivity index (χ0) is 11.4. The zero-order valence-corrected chi connectivity index (χ0v) is 9.60. The Morgan fingerprint density at radius 2 is 2.06 bits per heavy atom. The van der Waals surface area contributed by atoms with Crippen molar-refractivity contribution in [2.24, 2.45) is 0 Å². The second-order valence-electron chi connectivity index (χ2n) is 4.31. The molecule has 2 nitrogen and oxygen atoms in total. The minimum Gasteiger partial charge on any atom is -0.495 e. The smallest absolute Gasteiger partial charge is 0.121 e. The molecule has 0 aromatic heterocycles. The SMILES string of the molecule is CC(CC(O)C1=CCCO1)c1ccccc1. The highest BCUT2D eigenvalue weighted by atomic mass is 16.5. The lowest BCUT2D eigenvalue weighted by Gasteiger charge is -2.17. The maximum absolute atomic E-state index is 9.99. The van der Waals surface area contributed by atoms with Gasteiger partial charge in [-0.25, -0.2) is 0 Å². The molecule has 1 heterocycles. The fourth-order valence-electron chi connectivity index (χ4n) is 2.04. The first-order valence-electron chi connectivity index (χ1n) is 5.83. The van der Waals surface area contributed by atoms with E-state index in [0.29, 0.717) is 12.5 Å². The lowest BCUT2D eigenvalue weighted by Crippen LogP contribution is -2.14. The number of aliphatic hydroxyl groups excluding tert-OH is 1. The van der Waals surface area contributed by atoms with E-state index in [4.69, 9.17) is 4.74 Å². The largest absolute Gasteiger partial charge is 0.495 e. The van der Waals surface area contributed by atoms with Gasteiger partial charge in [0.2, 0.25) is 0 Å². The molecule has 0 spiro atoms. The number of rotatable bonds is 4. The van der Waals surface area contributed by atoms with Crippen LogP contribution in [0.4, 0.5) is 0 Å². The zero-order valence-electron chi connectivity index (χ0n) is 9.60. The minimum atomic E-state index is -0.460. The van der Waals surface area contributed by atoms with Crippen molar-refractivity contribution in [2.75, 3.05) is 6.61 Å². The number of aliphatic hydroxyl groups is 1. The maximum Gasteiger partial charge on any atom is 0.121 e. The van der Waals surface area contributed by atoms with Crippen LogP contribution in [0, 0.1) is 0 Å². The topological polar surface area (TPSA) is 29.5 Å². The van der Waals surface area contributed by atoms with Crippen LogP contribution >= 0.6 is 0 Å². The van der Waals surface area contributed by atoms with Gasteiger partial charge in [0.05, 0.1) is 6.61 Å². The molecule has 2 atom stereocenters. The predicted molar refractivity (Wildman–Crippen MR) is 64.1 cm³/mol. The van der Waals surface area contributed by atoms with Crippen LogP contribution in [-0.4, -0.2) is 17.8 Å². The lowest BCUT2D eigenvalue weighted by atomic mass is 9.94. The summed E-state index contributed by atoms with van der Waals surface area (Å²) in [7, 11) is 0. The monoisotopic (exact) mass is 218 g/mol.